The largest absolute Gasteiger partial charge is 0.356 e. The van der Waals surface area contributed by atoms with Crippen LogP contribution in [0.5, 0.6) is 0 Å². The first-order valence-electron chi connectivity index (χ1n) is 13.5. The van der Waals surface area contributed by atoms with Gasteiger partial charge in [0.1, 0.15) is 23.1 Å². The lowest BCUT2D eigenvalue weighted by Crippen LogP contribution is -2.33. The Morgan fingerprint density at radius 2 is 1.85 bits per heavy atom. The van der Waals surface area contributed by atoms with E-state index in [9.17, 15) is 14.9 Å². The first-order chi connectivity index (χ1) is 19.5. The summed E-state index contributed by atoms with van der Waals surface area (Å²) in [6.45, 7) is 3.70. The zero-order chi connectivity index (χ0) is 28.1. The van der Waals surface area contributed by atoms with Crippen LogP contribution in [0, 0.1) is 11.3 Å². The molecule has 5 rings (SSSR count). The van der Waals surface area contributed by atoms with E-state index >= 15 is 0 Å². The van der Waals surface area contributed by atoms with Gasteiger partial charge in [-0.05, 0) is 30.0 Å². The number of aromatic nitrogens is 2. The number of nitriles is 1. The number of rotatable bonds is 8. The number of benzene rings is 2. The molecular weight excluding hydrogens is 502 g/mol. The molecule has 9 heteroatoms. The topological polar surface area (TPSA) is 97.5 Å². The normalized spacial score (nSPS) is 13.5. The van der Waals surface area contributed by atoms with Crippen molar-refractivity contribution in [3.05, 3.63) is 89.4 Å². The standard InChI is InChI=1S/C31H33N7O2/c1-35(21-27-25-12-7-6-11-24(25)13-15-34-27)31(40)29-28(36(2)22-39)26(19-32)30(37-17-8-14-33-16-18-37)38(29)20-23-9-4-3-5-10-23/h3-7,9-13,15,22,33H,8,14,16-18,20-21H2,1-2H3. The highest BCUT2D eigenvalue weighted by Crippen LogP contribution is 2.38. The molecule has 0 radical (unpaired) electrons. The first-order valence-corrected chi connectivity index (χ1v) is 13.5. The average Bonchev–Trinajstić information content (AvgIpc) is 3.11. The molecule has 0 saturated carbocycles. The number of fused-ring (bicyclic) bond motifs is 1. The molecule has 2 aromatic carbocycles. The fourth-order valence-electron chi connectivity index (χ4n) is 5.40. The van der Waals surface area contributed by atoms with Crippen molar-refractivity contribution in [2.45, 2.75) is 19.5 Å². The predicted octanol–water partition coefficient (Wildman–Crippen LogP) is 3.62. The van der Waals surface area contributed by atoms with Crippen molar-refractivity contribution >= 4 is 34.6 Å². The lowest BCUT2D eigenvalue weighted by molar-refractivity contribution is -0.107. The molecule has 1 N–H and O–H groups in total. The second-order valence-electron chi connectivity index (χ2n) is 10.0. The molecule has 0 aliphatic carbocycles. The van der Waals surface area contributed by atoms with Crippen LogP contribution in [0.4, 0.5) is 11.5 Å². The van der Waals surface area contributed by atoms with E-state index in [0.29, 0.717) is 42.3 Å². The van der Waals surface area contributed by atoms with Gasteiger partial charge in [0.25, 0.3) is 5.91 Å². The van der Waals surface area contributed by atoms with Crippen LogP contribution in [0.2, 0.25) is 0 Å². The molecule has 4 aromatic rings. The second kappa shape index (κ2) is 12.0. The van der Waals surface area contributed by atoms with E-state index in [0.717, 1.165) is 48.1 Å². The van der Waals surface area contributed by atoms with Crippen LogP contribution in [0.25, 0.3) is 10.8 Å². The van der Waals surface area contributed by atoms with Crippen LogP contribution in [0.3, 0.4) is 0 Å². The zero-order valence-electron chi connectivity index (χ0n) is 22.9. The zero-order valence-corrected chi connectivity index (χ0v) is 22.9. The molecule has 3 heterocycles. The van der Waals surface area contributed by atoms with Gasteiger partial charge in [0.05, 0.1) is 17.9 Å². The van der Waals surface area contributed by atoms with E-state index in [1.165, 1.54) is 4.90 Å². The molecule has 1 aliphatic heterocycles. The molecule has 1 aliphatic rings. The SMILES string of the molecule is CN(Cc1nccc2ccccc12)C(=O)c1c(N(C)C=O)c(C#N)c(N2CCCNCC2)n1Cc1ccccc1. The molecule has 0 unspecified atom stereocenters. The highest BCUT2D eigenvalue weighted by Gasteiger charge is 2.34. The van der Waals surface area contributed by atoms with Crippen LogP contribution in [0.1, 0.15) is 33.7 Å². The molecule has 1 saturated heterocycles. The molecule has 2 amide bonds. The minimum Gasteiger partial charge on any atom is -0.356 e. The summed E-state index contributed by atoms with van der Waals surface area (Å²) in [4.78, 5) is 36.2. The highest BCUT2D eigenvalue weighted by molar-refractivity contribution is 6.04. The second-order valence-corrected chi connectivity index (χ2v) is 10.0. The molecule has 0 bridgehead atoms. The van der Waals surface area contributed by atoms with Gasteiger partial charge in [-0.25, -0.2) is 0 Å². The Kier molecular flexibility index (Phi) is 8.08. The van der Waals surface area contributed by atoms with Crippen molar-refractivity contribution in [3.8, 4) is 6.07 Å². The third kappa shape index (κ3) is 5.26. The van der Waals surface area contributed by atoms with Crippen LogP contribution in [-0.2, 0) is 17.9 Å². The molecule has 0 spiro atoms. The summed E-state index contributed by atoms with van der Waals surface area (Å²) in [6, 6.07) is 22.1. The van der Waals surface area contributed by atoms with Gasteiger partial charge in [-0.15, -0.1) is 0 Å². The van der Waals surface area contributed by atoms with Crippen molar-refractivity contribution in [2.24, 2.45) is 0 Å². The third-order valence-corrected chi connectivity index (χ3v) is 7.35. The van der Waals surface area contributed by atoms with Crippen LogP contribution in [-0.4, -0.2) is 67.0 Å². The number of nitrogens with one attached hydrogen (secondary N) is 1. The van der Waals surface area contributed by atoms with Crippen molar-refractivity contribution in [2.75, 3.05) is 50.1 Å². The Labute approximate surface area is 234 Å². The Morgan fingerprint density at radius 1 is 1.07 bits per heavy atom. The van der Waals surface area contributed by atoms with E-state index in [2.05, 4.69) is 21.3 Å². The quantitative estimate of drug-likeness (QED) is 0.346. The number of carbonyl (C=O) groups is 2. The Bertz CT molecular complexity index is 1540. The molecule has 1 fully saturated rings. The monoisotopic (exact) mass is 535 g/mol. The summed E-state index contributed by atoms with van der Waals surface area (Å²) in [5, 5.41) is 15.9. The fourth-order valence-corrected chi connectivity index (χ4v) is 5.40. The Hall–Kier alpha value is -4.68. The van der Waals surface area contributed by atoms with Gasteiger partial charge in [0, 0.05) is 51.9 Å². The number of carbonyl (C=O) groups excluding carboxylic acids is 2. The molecule has 0 atom stereocenters. The maximum atomic E-state index is 14.4. The van der Waals surface area contributed by atoms with Gasteiger partial charge in [0.15, 0.2) is 0 Å². The third-order valence-electron chi connectivity index (χ3n) is 7.35. The van der Waals surface area contributed by atoms with E-state index < -0.39 is 0 Å². The number of hydrogen-bond donors (Lipinski definition) is 1. The minimum atomic E-state index is -0.287. The van der Waals surface area contributed by atoms with E-state index in [1.807, 2.05) is 65.2 Å². The van der Waals surface area contributed by atoms with Crippen molar-refractivity contribution < 1.29 is 9.59 Å². The predicted molar refractivity (Wildman–Crippen MR) is 156 cm³/mol. The van der Waals surface area contributed by atoms with Crippen molar-refractivity contribution in [1.82, 2.24) is 19.8 Å². The molecule has 204 valence electrons. The van der Waals surface area contributed by atoms with Gasteiger partial charge in [-0.2, -0.15) is 5.26 Å². The molecule has 9 nitrogen and oxygen atoms in total. The summed E-state index contributed by atoms with van der Waals surface area (Å²) in [5.41, 5.74) is 2.73. The van der Waals surface area contributed by atoms with Gasteiger partial charge in [0.2, 0.25) is 6.41 Å². The number of nitrogens with zero attached hydrogens (tertiary/aromatic N) is 6. The summed E-state index contributed by atoms with van der Waals surface area (Å²) in [5.74, 6) is 0.379. The van der Waals surface area contributed by atoms with Crippen molar-refractivity contribution in [1.29, 1.82) is 5.26 Å². The highest BCUT2D eigenvalue weighted by atomic mass is 16.2. The van der Waals surface area contributed by atoms with E-state index in [4.69, 9.17) is 0 Å². The number of hydrogen-bond acceptors (Lipinski definition) is 6. The van der Waals surface area contributed by atoms with Gasteiger partial charge in [-0.3, -0.25) is 14.6 Å². The van der Waals surface area contributed by atoms with Crippen LogP contribution >= 0.6 is 0 Å². The summed E-state index contributed by atoms with van der Waals surface area (Å²) in [6.07, 6.45) is 3.30. The lowest BCUT2D eigenvalue weighted by Gasteiger charge is -2.26. The summed E-state index contributed by atoms with van der Waals surface area (Å²) < 4.78 is 1.92. The molecule has 2 aromatic heterocycles. The van der Waals surface area contributed by atoms with Gasteiger partial charge >= 0.3 is 0 Å². The van der Waals surface area contributed by atoms with Crippen LogP contribution in [0.15, 0.2) is 66.9 Å². The maximum absolute atomic E-state index is 14.4. The van der Waals surface area contributed by atoms with Gasteiger partial charge in [-0.1, -0.05) is 54.6 Å². The smallest absolute Gasteiger partial charge is 0.272 e. The number of pyridine rings is 1. The van der Waals surface area contributed by atoms with Crippen molar-refractivity contribution in [3.63, 3.8) is 0 Å². The number of anilines is 2. The minimum absolute atomic E-state index is 0.270. The maximum Gasteiger partial charge on any atom is 0.272 e. The molecular formula is C31H33N7O2. The molecule has 40 heavy (non-hydrogen) atoms. The first kappa shape index (κ1) is 26.9. The average molecular weight is 536 g/mol. The Morgan fingerprint density at radius 3 is 2.62 bits per heavy atom. The summed E-state index contributed by atoms with van der Waals surface area (Å²) >= 11 is 0. The fraction of sp³-hybridized carbons (Fsp3) is 0.290. The van der Waals surface area contributed by atoms with Gasteiger partial charge < -0.3 is 24.6 Å². The number of amides is 2. The van der Waals surface area contributed by atoms with E-state index in [-0.39, 0.29) is 12.5 Å². The summed E-state index contributed by atoms with van der Waals surface area (Å²) in [7, 11) is 3.32. The Balaban J connectivity index is 1.66. The lowest BCUT2D eigenvalue weighted by atomic mass is 10.1. The van der Waals surface area contributed by atoms with E-state index in [1.54, 1.807) is 25.2 Å². The van der Waals surface area contributed by atoms with Crippen LogP contribution < -0.4 is 15.1 Å².